The molecule has 2 aromatic carbocycles. The van der Waals surface area contributed by atoms with Crippen molar-refractivity contribution >= 4 is 29.3 Å². The van der Waals surface area contributed by atoms with Crippen molar-refractivity contribution in [3.63, 3.8) is 0 Å². The minimum Gasteiger partial charge on any atom is -0.490 e. The van der Waals surface area contributed by atoms with Crippen molar-refractivity contribution in [3.8, 4) is 5.75 Å². The Balaban J connectivity index is 1.68. The topological polar surface area (TPSA) is 38.3 Å². The maximum absolute atomic E-state index is 12.1. The number of halogens is 1. The molecular formula is C19H20ClNO2S. The highest BCUT2D eigenvalue weighted by Crippen LogP contribution is 2.16. The van der Waals surface area contributed by atoms with Crippen molar-refractivity contribution < 1.29 is 9.53 Å². The van der Waals surface area contributed by atoms with Gasteiger partial charge in [-0.05, 0) is 42.0 Å². The number of thioether (sulfide) groups is 1. The van der Waals surface area contributed by atoms with Gasteiger partial charge in [-0.1, -0.05) is 36.4 Å². The van der Waals surface area contributed by atoms with E-state index in [1.54, 1.807) is 42.1 Å². The summed E-state index contributed by atoms with van der Waals surface area (Å²) in [5, 5.41) is 3.67. The Labute approximate surface area is 152 Å². The van der Waals surface area contributed by atoms with Crippen LogP contribution in [0.3, 0.4) is 0 Å². The van der Waals surface area contributed by atoms with Crippen LogP contribution < -0.4 is 10.1 Å². The molecule has 1 amide bonds. The lowest BCUT2D eigenvalue weighted by Crippen LogP contribution is -2.25. The average molecular weight is 362 g/mol. The number of amides is 1. The maximum Gasteiger partial charge on any atom is 0.251 e. The Morgan fingerprint density at radius 3 is 2.75 bits per heavy atom. The number of nitrogens with one attached hydrogen (secondary N) is 1. The lowest BCUT2D eigenvalue weighted by molar-refractivity contribution is 0.0956. The van der Waals surface area contributed by atoms with Gasteiger partial charge in [0.1, 0.15) is 12.4 Å². The van der Waals surface area contributed by atoms with Crippen molar-refractivity contribution in [2.24, 2.45) is 0 Å². The number of hydrogen-bond donors (Lipinski definition) is 1. The van der Waals surface area contributed by atoms with E-state index in [0.29, 0.717) is 18.7 Å². The minimum absolute atomic E-state index is 0.0753. The first kappa shape index (κ1) is 18.4. The van der Waals surface area contributed by atoms with Crippen LogP contribution >= 0.6 is 23.4 Å². The Morgan fingerprint density at radius 2 is 2.04 bits per heavy atom. The minimum atomic E-state index is -0.0753. The first-order chi connectivity index (χ1) is 11.7. The van der Waals surface area contributed by atoms with Gasteiger partial charge in [0.15, 0.2) is 0 Å². The van der Waals surface area contributed by atoms with Crippen LogP contribution in [0.15, 0.2) is 61.2 Å². The quantitative estimate of drug-likeness (QED) is 0.525. The highest BCUT2D eigenvalue weighted by Gasteiger charge is 2.05. The molecule has 0 aliphatic carbocycles. The van der Waals surface area contributed by atoms with Crippen LogP contribution in [0.4, 0.5) is 0 Å². The van der Waals surface area contributed by atoms with Crippen LogP contribution in [0.25, 0.3) is 0 Å². The molecule has 0 radical (unpaired) electrons. The molecule has 1 N–H and O–H groups in total. The zero-order chi connectivity index (χ0) is 17.2. The van der Waals surface area contributed by atoms with E-state index in [2.05, 4.69) is 11.9 Å². The van der Waals surface area contributed by atoms with Crippen LogP contribution in [0.5, 0.6) is 5.75 Å². The smallest absolute Gasteiger partial charge is 0.251 e. The zero-order valence-electron chi connectivity index (χ0n) is 13.3. The molecule has 3 nitrogen and oxygen atoms in total. The van der Waals surface area contributed by atoms with E-state index in [1.165, 1.54) is 5.56 Å². The first-order valence-corrected chi connectivity index (χ1v) is 9.16. The van der Waals surface area contributed by atoms with Gasteiger partial charge in [-0.25, -0.2) is 0 Å². The molecule has 2 rings (SSSR count). The summed E-state index contributed by atoms with van der Waals surface area (Å²) in [6.45, 7) is 4.67. The van der Waals surface area contributed by atoms with Crippen LogP contribution in [-0.4, -0.2) is 24.8 Å². The van der Waals surface area contributed by atoms with Gasteiger partial charge in [0.2, 0.25) is 0 Å². The summed E-state index contributed by atoms with van der Waals surface area (Å²) in [5.74, 6) is 2.38. The number of ether oxygens (including phenoxy) is 1. The lowest BCUT2D eigenvalue weighted by atomic mass is 10.2. The summed E-state index contributed by atoms with van der Waals surface area (Å²) in [7, 11) is 0. The molecule has 126 valence electrons. The molecule has 0 fully saturated rings. The van der Waals surface area contributed by atoms with E-state index in [1.807, 2.05) is 24.3 Å². The highest BCUT2D eigenvalue weighted by molar-refractivity contribution is 7.98. The average Bonchev–Trinajstić information content (AvgIpc) is 2.60. The van der Waals surface area contributed by atoms with Crippen LogP contribution in [0.1, 0.15) is 15.9 Å². The molecular weight excluding hydrogens is 342 g/mol. The molecule has 0 atom stereocenters. The number of benzene rings is 2. The molecule has 5 heteroatoms. The van der Waals surface area contributed by atoms with Gasteiger partial charge in [0.25, 0.3) is 5.91 Å². The number of carbonyl (C=O) groups is 1. The summed E-state index contributed by atoms with van der Waals surface area (Å²) < 4.78 is 5.39. The Hall–Kier alpha value is -1.91. The Morgan fingerprint density at radius 1 is 1.25 bits per heavy atom. The van der Waals surface area contributed by atoms with Gasteiger partial charge in [0.05, 0.1) is 0 Å². The van der Waals surface area contributed by atoms with Crippen molar-refractivity contribution in [1.29, 1.82) is 0 Å². The van der Waals surface area contributed by atoms with Crippen LogP contribution in [-0.2, 0) is 5.75 Å². The molecule has 0 heterocycles. The molecule has 2 aromatic rings. The number of hydrogen-bond acceptors (Lipinski definition) is 3. The molecule has 0 aliphatic rings. The second kappa shape index (κ2) is 10.1. The molecule has 24 heavy (non-hydrogen) atoms. The monoisotopic (exact) mass is 361 g/mol. The third-order valence-electron chi connectivity index (χ3n) is 3.17. The van der Waals surface area contributed by atoms with Crippen LogP contribution in [0.2, 0.25) is 5.02 Å². The largest absolute Gasteiger partial charge is 0.490 e. The van der Waals surface area contributed by atoms with Gasteiger partial charge in [-0.3, -0.25) is 4.79 Å². The standard InChI is InChI=1S/C19H20ClNO2S/c1-2-11-23-18-8-6-16(7-9-18)19(22)21-10-12-24-14-15-4-3-5-17(20)13-15/h2-9,13H,1,10-12,14H2,(H,21,22). The highest BCUT2D eigenvalue weighted by atomic mass is 35.5. The normalized spacial score (nSPS) is 10.2. The van der Waals surface area contributed by atoms with Crippen LogP contribution in [0, 0.1) is 0 Å². The third kappa shape index (κ3) is 6.30. The molecule has 0 aliphatic heterocycles. The molecule has 0 saturated carbocycles. The van der Waals surface area contributed by atoms with Gasteiger partial charge < -0.3 is 10.1 Å². The van der Waals surface area contributed by atoms with Gasteiger partial charge in [-0.15, -0.1) is 0 Å². The van der Waals surface area contributed by atoms with E-state index in [-0.39, 0.29) is 5.91 Å². The van der Waals surface area contributed by atoms with Crippen molar-refractivity contribution in [2.45, 2.75) is 5.75 Å². The van der Waals surface area contributed by atoms with E-state index >= 15 is 0 Å². The van der Waals surface area contributed by atoms with Gasteiger partial charge in [0, 0.05) is 28.6 Å². The lowest BCUT2D eigenvalue weighted by Gasteiger charge is -2.07. The molecule has 0 spiro atoms. The zero-order valence-corrected chi connectivity index (χ0v) is 14.9. The summed E-state index contributed by atoms with van der Waals surface area (Å²) >= 11 is 7.71. The fourth-order valence-corrected chi connectivity index (χ4v) is 3.03. The maximum atomic E-state index is 12.1. The number of rotatable bonds is 9. The van der Waals surface area contributed by atoms with E-state index < -0.39 is 0 Å². The fourth-order valence-electron chi connectivity index (χ4n) is 2.01. The fraction of sp³-hybridized carbons (Fsp3) is 0.211. The van der Waals surface area contributed by atoms with Gasteiger partial charge >= 0.3 is 0 Å². The first-order valence-electron chi connectivity index (χ1n) is 7.63. The summed E-state index contributed by atoms with van der Waals surface area (Å²) in [4.78, 5) is 12.1. The Bertz CT molecular complexity index is 673. The summed E-state index contributed by atoms with van der Waals surface area (Å²) in [5.41, 5.74) is 1.81. The Kier molecular flexibility index (Phi) is 7.72. The van der Waals surface area contributed by atoms with E-state index in [9.17, 15) is 4.79 Å². The predicted molar refractivity (Wildman–Crippen MR) is 102 cm³/mol. The molecule has 0 unspecified atom stereocenters. The van der Waals surface area contributed by atoms with Gasteiger partial charge in [-0.2, -0.15) is 11.8 Å². The number of carbonyl (C=O) groups excluding carboxylic acids is 1. The second-order valence-electron chi connectivity index (χ2n) is 5.06. The summed E-state index contributed by atoms with van der Waals surface area (Å²) in [6, 6.07) is 14.9. The molecule has 0 bridgehead atoms. The predicted octanol–water partition coefficient (Wildman–Crippen LogP) is 4.57. The van der Waals surface area contributed by atoms with Crippen molar-refractivity contribution in [2.75, 3.05) is 18.9 Å². The molecule has 0 aromatic heterocycles. The summed E-state index contributed by atoms with van der Waals surface area (Å²) in [6.07, 6.45) is 1.68. The SMILES string of the molecule is C=CCOc1ccc(C(=O)NCCSCc2cccc(Cl)c2)cc1. The van der Waals surface area contributed by atoms with Crippen molar-refractivity contribution in [1.82, 2.24) is 5.32 Å². The van der Waals surface area contributed by atoms with Crippen molar-refractivity contribution in [3.05, 3.63) is 77.3 Å². The second-order valence-corrected chi connectivity index (χ2v) is 6.60. The molecule has 0 saturated heterocycles. The van der Waals surface area contributed by atoms with E-state index in [0.717, 1.165) is 22.3 Å². The third-order valence-corrected chi connectivity index (χ3v) is 4.44. The van der Waals surface area contributed by atoms with E-state index in [4.69, 9.17) is 16.3 Å².